The lowest BCUT2D eigenvalue weighted by atomic mass is 10.3. The van der Waals surface area contributed by atoms with Gasteiger partial charge in [-0.3, -0.25) is 0 Å². The van der Waals surface area contributed by atoms with Gasteiger partial charge in [0.2, 0.25) is 0 Å². The van der Waals surface area contributed by atoms with E-state index >= 15 is 0 Å². The largest absolute Gasteiger partial charge is 0.494 e. The van der Waals surface area contributed by atoms with Crippen LogP contribution < -0.4 is 10.1 Å². The minimum atomic E-state index is -1.05. The molecule has 2 N–H and O–H groups in total. The van der Waals surface area contributed by atoms with E-state index in [4.69, 9.17) is 9.84 Å². The summed E-state index contributed by atoms with van der Waals surface area (Å²) in [5.41, 5.74) is 0.556. The Morgan fingerprint density at radius 2 is 2.16 bits per heavy atom. The quantitative estimate of drug-likeness (QED) is 0.854. The van der Waals surface area contributed by atoms with Crippen LogP contribution in [0.5, 0.6) is 5.75 Å². The van der Waals surface area contributed by atoms with E-state index in [2.05, 4.69) is 5.32 Å². The number of rotatable bonds is 5. The molecule has 0 spiro atoms. The molecule has 0 bridgehead atoms. The van der Waals surface area contributed by atoms with Crippen molar-refractivity contribution < 1.29 is 19.4 Å². The first-order valence-electron chi connectivity index (χ1n) is 5.95. The minimum absolute atomic E-state index is 0.483. The third-order valence-corrected chi connectivity index (χ3v) is 2.65. The van der Waals surface area contributed by atoms with Crippen LogP contribution in [0.1, 0.15) is 13.8 Å². The molecular weight excluding hydrogens is 248 g/mol. The molecule has 1 aromatic carbocycles. The van der Waals surface area contributed by atoms with Gasteiger partial charge in [0, 0.05) is 18.8 Å². The van der Waals surface area contributed by atoms with Crippen molar-refractivity contribution in [2.75, 3.05) is 19.0 Å². The number of likely N-dealkylation sites (N-methyl/N-ethyl adjacent to an activating group) is 1. The predicted octanol–water partition coefficient (Wildman–Crippen LogP) is 2.02. The lowest BCUT2D eigenvalue weighted by Crippen LogP contribution is -2.42. The Bertz CT molecular complexity index is 462. The maximum Gasteiger partial charge on any atom is 0.326 e. The van der Waals surface area contributed by atoms with E-state index in [-0.39, 0.29) is 0 Å². The van der Waals surface area contributed by atoms with E-state index in [1.165, 1.54) is 14.0 Å². The van der Waals surface area contributed by atoms with Crippen molar-refractivity contribution in [1.82, 2.24) is 4.90 Å². The zero-order valence-corrected chi connectivity index (χ0v) is 11.2. The van der Waals surface area contributed by atoms with Crippen LogP contribution in [0.25, 0.3) is 0 Å². The summed E-state index contributed by atoms with van der Waals surface area (Å²) in [7, 11) is 1.43. The highest BCUT2D eigenvalue weighted by Gasteiger charge is 2.21. The van der Waals surface area contributed by atoms with Gasteiger partial charge in [-0.2, -0.15) is 0 Å². The van der Waals surface area contributed by atoms with Crippen molar-refractivity contribution in [3.63, 3.8) is 0 Å². The summed E-state index contributed by atoms with van der Waals surface area (Å²) < 4.78 is 5.32. The van der Waals surface area contributed by atoms with E-state index in [0.29, 0.717) is 18.0 Å². The molecule has 0 aliphatic heterocycles. The van der Waals surface area contributed by atoms with Crippen molar-refractivity contribution in [3.8, 4) is 5.75 Å². The summed E-state index contributed by atoms with van der Waals surface area (Å²) in [6.45, 7) is 3.85. The molecule has 0 fully saturated rings. The molecule has 6 heteroatoms. The zero-order chi connectivity index (χ0) is 14.4. The number of carbonyl (C=O) groups excluding carboxylic acids is 1. The molecule has 0 radical (unpaired) electrons. The van der Waals surface area contributed by atoms with Crippen LogP contribution >= 0.6 is 0 Å². The topological polar surface area (TPSA) is 78.9 Å². The molecule has 1 aromatic rings. The van der Waals surface area contributed by atoms with Gasteiger partial charge in [-0.05, 0) is 26.0 Å². The number of hydrogen-bond donors (Lipinski definition) is 2. The highest BCUT2D eigenvalue weighted by molar-refractivity contribution is 5.92. The van der Waals surface area contributed by atoms with E-state index < -0.39 is 18.0 Å². The summed E-state index contributed by atoms with van der Waals surface area (Å²) in [6.07, 6.45) is 0. The molecule has 0 heterocycles. The molecule has 0 aliphatic carbocycles. The van der Waals surface area contributed by atoms with E-state index in [1.807, 2.05) is 6.92 Å². The Morgan fingerprint density at radius 3 is 2.74 bits per heavy atom. The molecule has 19 heavy (non-hydrogen) atoms. The average Bonchev–Trinajstić information content (AvgIpc) is 2.37. The molecular formula is C13H18N2O4. The SMILES string of the molecule is CCOc1cccc(NC(=O)N(C)C(C)C(=O)O)c1. The molecule has 0 saturated heterocycles. The highest BCUT2D eigenvalue weighted by atomic mass is 16.5. The van der Waals surface area contributed by atoms with Crippen LogP contribution in [-0.2, 0) is 4.79 Å². The fourth-order valence-electron chi connectivity index (χ4n) is 1.38. The van der Waals surface area contributed by atoms with Gasteiger partial charge in [0.25, 0.3) is 0 Å². The second kappa shape index (κ2) is 6.63. The smallest absolute Gasteiger partial charge is 0.326 e. The molecule has 1 unspecified atom stereocenters. The fourth-order valence-corrected chi connectivity index (χ4v) is 1.38. The van der Waals surface area contributed by atoms with Crippen molar-refractivity contribution in [1.29, 1.82) is 0 Å². The fraction of sp³-hybridized carbons (Fsp3) is 0.385. The number of aliphatic carboxylic acids is 1. The molecule has 104 valence electrons. The lowest BCUT2D eigenvalue weighted by molar-refractivity contribution is -0.141. The number of nitrogens with zero attached hydrogens (tertiary/aromatic N) is 1. The maximum atomic E-state index is 11.8. The van der Waals surface area contributed by atoms with Crippen molar-refractivity contribution in [2.24, 2.45) is 0 Å². The number of carboxylic acids is 1. The number of amides is 2. The van der Waals surface area contributed by atoms with Crippen LogP contribution in [0.2, 0.25) is 0 Å². The Kier molecular flexibility index (Phi) is 5.17. The number of anilines is 1. The Morgan fingerprint density at radius 1 is 1.47 bits per heavy atom. The lowest BCUT2D eigenvalue weighted by Gasteiger charge is -2.21. The van der Waals surface area contributed by atoms with Gasteiger partial charge in [-0.1, -0.05) is 6.07 Å². The molecule has 2 amide bonds. The molecule has 1 atom stereocenters. The molecule has 1 rings (SSSR count). The number of nitrogens with one attached hydrogen (secondary N) is 1. The number of carbonyl (C=O) groups is 2. The molecule has 0 aliphatic rings. The van der Waals surface area contributed by atoms with Gasteiger partial charge in [-0.15, -0.1) is 0 Å². The highest BCUT2D eigenvalue weighted by Crippen LogP contribution is 2.17. The summed E-state index contributed by atoms with van der Waals surface area (Å²) >= 11 is 0. The second-order valence-electron chi connectivity index (χ2n) is 4.02. The third-order valence-electron chi connectivity index (χ3n) is 2.65. The first-order chi connectivity index (χ1) is 8.95. The van der Waals surface area contributed by atoms with Crippen LogP contribution in [0.15, 0.2) is 24.3 Å². The van der Waals surface area contributed by atoms with Crippen molar-refractivity contribution in [2.45, 2.75) is 19.9 Å². The van der Waals surface area contributed by atoms with Gasteiger partial charge in [0.1, 0.15) is 11.8 Å². The van der Waals surface area contributed by atoms with Crippen molar-refractivity contribution in [3.05, 3.63) is 24.3 Å². The van der Waals surface area contributed by atoms with Crippen molar-refractivity contribution >= 4 is 17.7 Å². The number of ether oxygens (including phenoxy) is 1. The van der Waals surface area contributed by atoms with E-state index in [0.717, 1.165) is 4.90 Å². The maximum absolute atomic E-state index is 11.8. The number of urea groups is 1. The summed E-state index contributed by atoms with van der Waals surface area (Å²) in [6, 6.07) is 5.54. The zero-order valence-electron chi connectivity index (χ0n) is 11.2. The van der Waals surface area contributed by atoms with Crippen LogP contribution in [0, 0.1) is 0 Å². The Labute approximate surface area is 112 Å². The number of benzene rings is 1. The molecule has 0 aromatic heterocycles. The summed E-state index contributed by atoms with van der Waals surface area (Å²) in [5.74, 6) is -0.407. The second-order valence-corrected chi connectivity index (χ2v) is 4.02. The number of carboxylic acid groups (broad SMARTS) is 1. The van der Waals surface area contributed by atoms with Gasteiger partial charge in [-0.25, -0.2) is 9.59 Å². The molecule has 0 saturated carbocycles. The van der Waals surface area contributed by atoms with Crippen LogP contribution in [-0.4, -0.2) is 41.7 Å². The van der Waals surface area contributed by atoms with Crippen LogP contribution in [0.3, 0.4) is 0 Å². The minimum Gasteiger partial charge on any atom is -0.494 e. The number of hydrogen-bond acceptors (Lipinski definition) is 3. The predicted molar refractivity (Wildman–Crippen MR) is 71.5 cm³/mol. The Balaban J connectivity index is 2.71. The standard InChI is InChI=1S/C13H18N2O4/c1-4-19-11-7-5-6-10(8-11)14-13(18)15(3)9(2)12(16)17/h5-9H,4H2,1-3H3,(H,14,18)(H,16,17). The summed E-state index contributed by atoms with van der Waals surface area (Å²) in [4.78, 5) is 23.8. The Hall–Kier alpha value is -2.24. The molecule has 6 nitrogen and oxygen atoms in total. The van der Waals surface area contributed by atoms with E-state index in [9.17, 15) is 9.59 Å². The average molecular weight is 266 g/mol. The monoisotopic (exact) mass is 266 g/mol. The van der Waals surface area contributed by atoms with Gasteiger partial charge < -0.3 is 20.1 Å². The summed E-state index contributed by atoms with van der Waals surface area (Å²) in [5, 5.41) is 11.5. The van der Waals surface area contributed by atoms with Gasteiger partial charge in [0.15, 0.2) is 0 Å². The normalized spacial score (nSPS) is 11.5. The van der Waals surface area contributed by atoms with Gasteiger partial charge >= 0.3 is 12.0 Å². The van der Waals surface area contributed by atoms with E-state index in [1.54, 1.807) is 24.3 Å². The van der Waals surface area contributed by atoms with Crippen LogP contribution in [0.4, 0.5) is 10.5 Å². The third kappa shape index (κ3) is 4.17. The van der Waals surface area contributed by atoms with Gasteiger partial charge in [0.05, 0.1) is 6.61 Å². The first-order valence-corrected chi connectivity index (χ1v) is 5.95. The first kappa shape index (κ1) is 14.8.